The third kappa shape index (κ3) is 3.91. The molecule has 0 radical (unpaired) electrons. The van der Waals surface area contributed by atoms with E-state index in [2.05, 4.69) is 30.6 Å². The zero-order chi connectivity index (χ0) is 24.5. The van der Waals surface area contributed by atoms with Gasteiger partial charge in [0, 0.05) is 12.4 Å². The van der Waals surface area contributed by atoms with Gasteiger partial charge in [-0.15, -0.1) is 10.2 Å². The maximum absolute atomic E-state index is 13.1. The number of phenolic OH excluding ortho intramolecular Hbond substituents is 1. The standard InChI is InChI=1S/C24H18N8O3/c1-32-20-18(11-28-32)26-12-27-23(20)31-30-19-14-7-3-2-6-13(14)10-16(21(19)33)24(35)29-17-9-5-4-8-15(17)22(25)34/h2-12,33H,1H3,(H2,25,34)(H,29,35)/b31-30+. The molecule has 0 aliphatic rings. The van der Waals surface area contributed by atoms with E-state index in [4.69, 9.17) is 5.73 Å². The quantitative estimate of drug-likeness (QED) is 0.332. The van der Waals surface area contributed by atoms with E-state index >= 15 is 0 Å². The SMILES string of the molecule is Cn1ncc2ncnc(/N=N/c3c(O)c(C(=O)Nc4ccccc4C(N)=O)cc4ccccc34)c21. The van der Waals surface area contributed by atoms with Gasteiger partial charge in [-0.25, -0.2) is 9.97 Å². The van der Waals surface area contributed by atoms with Gasteiger partial charge in [-0.2, -0.15) is 5.10 Å². The molecule has 172 valence electrons. The first-order valence-electron chi connectivity index (χ1n) is 10.4. The normalized spacial score (nSPS) is 11.3. The van der Waals surface area contributed by atoms with Crippen molar-refractivity contribution in [2.24, 2.45) is 23.0 Å². The number of aromatic hydroxyl groups is 1. The Labute approximate surface area is 198 Å². The van der Waals surface area contributed by atoms with E-state index in [1.807, 2.05) is 0 Å². The lowest BCUT2D eigenvalue weighted by Crippen LogP contribution is -2.18. The second-order valence-corrected chi connectivity index (χ2v) is 7.61. The van der Waals surface area contributed by atoms with E-state index in [-0.39, 0.29) is 34.1 Å². The molecule has 4 N–H and O–H groups in total. The minimum absolute atomic E-state index is 0.0507. The van der Waals surface area contributed by atoms with Gasteiger partial charge in [-0.1, -0.05) is 36.4 Å². The molecular formula is C24H18N8O3. The molecule has 0 saturated heterocycles. The van der Waals surface area contributed by atoms with Crippen LogP contribution in [0.1, 0.15) is 20.7 Å². The molecule has 5 aromatic rings. The van der Waals surface area contributed by atoms with Gasteiger partial charge in [0.15, 0.2) is 5.75 Å². The number of para-hydroxylation sites is 1. The minimum atomic E-state index is -0.690. The first kappa shape index (κ1) is 21.6. The summed E-state index contributed by atoms with van der Waals surface area (Å²) in [7, 11) is 1.73. The summed E-state index contributed by atoms with van der Waals surface area (Å²) < 4.78 is 1.57. The molecule has 0 bridgehead atoms. The highest BCUT2D eigenvalue weighted by atomic mass is 16.3. The summed E-state index contributed by atoms with van der Waals surface area (Å²) in [6.45, 7) is 0. The monoisotopic (exact) mass is 466 g/mol. The number of phenols is 1. The minimum Gasteiger partial charge on any atom is -0.505 e. The van der Waals surface area contributed by atoms with Gasteiger partial charge in [0.2, 0.25) is 5.82 Å². The summed E-state index contributed by atoms with van der Waals surface area (Å²) in [6, 6.07) is 15.0. The number of benzene rings is 3. The Kier molecular flexibility index (Phi) is 5.34. The molecule has 2 heterocycles. The van der Waals surface area contributed by atoms with Gasteiger partial charge in [0.25, 0.3) is 11.8 Å². The molecule has 11 nitrogen and oxygen atoms in total. The number of hydrogen-bond donors (Lipinski definition) is 3. The number of nitrogens with one attached hydrogen (secondary N) is 1. The van der Waals surface area contributed by atoms with Crippen LogP contribution >= 0.6 is 0 Å². The van der Waals surface area contributed by atoms with E-state index < -0.39 is 11.8 Å². The Morgan fingerprint density at radius 1 is 1.03 bits per heavy atom. The molecule has 5 rings (SSSR count). The smallest absolute Gasteiger partial charge is 0.259 e. The Hall–Kier alpha value is -5.19. The number of fused-ring (bicyclic) bond motifs is 2. The first-order chi connectivity index (χ1) is 16.9. The van der Waals surface area contributed by atoms with Crippen molar-refractivity contribution < 1.29 is 14.7 Å². The van der Waals surface area contributed by atoms with E-state index in [1.165, 1.54) is 18.5 Å². The molecule has 0 aliphatic carbocycles. The number of nitrogens with zero attached hydrogens (tertiary/aromatic N) is 6. The predicted octanol–water partition coefficient (Wildman–Crippen LogP) is 3.99. The number of primary amides is 1. The number of hydrogen-bond acceptors (Lipinski definition) is 8. The summed E-state index contributed by atoms with van der Waals surface area (Å²) >= 11 is 0. The molecule has 0 unspecified atom stereocenters. The summed E-state index contributed by atoms with van der Waals surface area (Å²) in [5, 5.41) is 27.6. The van der Waals surface area contributed by atoms with Crippen LogP contribution in [-0.4, -0.2) is 36.7 Å². The zero-order valence-electron chi connectivity index (χ0n) is 18.4. The summed E-state index contributed by atoms with van der Waals surface area (Å²) in [5.41, 5.74) is 6.97. The van der Waals surface area contributed by atoms with Crippen LogP contribution in [0.4, 0.5) is 17.2 Å². The number of anilines is 1. The number of rotatable bonds is 5. The second kappa shape index (κ2) is 8.63. The molecule has 0 spiro atoms. The summed E-state index contributed by atoms with van der Waals surface area (Å²) in [4.78, 5) is 33.2. The molecule has 11 heteroatoms. The molecular weight excluding hydrogens is 448 g/mol. The lowest BCUT2D eigenvalue weighted by atomic mass is 10.0. The third-order valence-corrected chi connectivity index (χ3v) is 5.43. The zero-order valence-corrected chi connectivity index (χ0v) is 18.4. The number of nitrogens with two attached hydrogens (primary N) is 1. The van der Waals surface area contributed by atoms with E-state index in [0.717, 1.165) is 0 Å². The lowest BCUT2D eigenvalue weighted by molar-refractivity contribution is 0.100. The molecule has 3 aromatic carbocycles. The molecule has 35 heavy (non-hydrogen) atoms. The Balaban J connectivity index is 1.61. The fraction of sp³-hybridized carbons (Fsp3) is 0.0417. The van der Waals surface area contributed by atoms with Crippen LogP contribution in [-0.2, 0) is 7.05 Å². The molecule has 2 aromatic heterocycles. The highest BCUT2D eigenvalue weighted by molar-refractivity contribution is 6.13. The highest BCUT2D eigenvalue weighted by Crippen LogP contribution is 2.40. The molecule has 0 atom stereocenters. The van der Waals surface area contributed by atoms with Crippen LogP contribution in [0.15, 0.2) is 77.3 Å². The first-order valence-corrected chi connectivity index (χ1v) is 10.4. The van der Waals surface area contributed by atoms with Gasteiger partial charge in [-0.3, -0.25) is 14.3 Å². The van der Waals surface area contributed by atoms with Crippen molar-refractivity contribution in [1.29, 1.82) is 0 Å². The van der Waals surface area contributed by atoms with Crippen LogP contribution in [0.25, 0.3) is 21.8 Å². The number of azo groups is 1. The topological polar surface area (TPSA) is 161 Å². The largest absolute Gasteiger partial charge is 0.505 e. The van der Waals surface area contributed by atoms with Gasteiger partial charge in [-0.05, 0) is 23.6 Å². The summed E-state index contributed by atoms with van der Waals surface area (Å²) in [5.74, 6) is -1.46. The van der Waals surface area contributed by atoms with Crippen LogP contribution in [0.3, 0.4) is 0 Å². The number of aromatic nitrogens is 4. The fourth-order valence-corrected chi connectivity index (χ4v) is 3.75. The van der Waals surface area contributed by atoms with E-state index in [0.29, 0.717) is 21.8 Å². The van der Waals surface area contributed by atoms with Crippen molar-refractivity contribution in [2.45, 2.75) is 0 Å². The number of carbonyl (C=O) groups is 2. The van der Waals surface area contributed by atoms with Crippen molar-refractivity contribution in [3.05, 3.63) is 78.2 Å². The van der Waals surface area contributed by atoms with Crippen molar-refractivity contribution in [3.8, 4) is 5.75 Å². The highest BCUT2D eigenvalue weighted by Gasteiger charge is 2.20. The molecule has 0 fully saturated rings. The number of aryl methyl sites for hydroxylation is 1. The lowest BCUT2D eigenvalue weighted by Gasteiger charge is -2.12. The second-order valence-electron chi connectivity index (χ2n) is 7.61. The van der Waals surface area contributed by atoms with Gasteiger partial charge in [0.1, 0.15) is 23.0 Å². The van der Waals surface area contributed by atoms with Crippen LogP contribution < -0.4 is 11.1 Å². The van der Waals surface area contributed by atoms with Crippen LogP contribution in [0, 0.1) is 0 Å². The summed E-state index contributed by atoms with van der Waals surface area (Å²) in [6.07, 6.45) is 2.92. The van der Waals surface area contributed by atoms with E-state index in [1.54, 1.807) is 60.4 Å². The average Bonchev–Trinajstić information content (AvgIpc) is 3.24. The molecule has 0 aliphatic heterocycles. The molecule has 0 saturated carbocycles. The van der Waals surface area contributed by atoms with E-state index in [9.17, 15) is 14.7 Å². The maximum atomic E-state index is 13.1. The Bertz CT molecular complexity index is 1660. The molecule has 2 amide bonds. The third-order valence-electron chi connectivity index (χ3n) is 5.43. The van der Waals surface area contributed by atoms with Crippen LogP contribution in [0.5, 0.6) is 5.75 Å². The average molecular weight is 466 g/mol. The predicted molar refractivity (Wildman–Crippen MR) is 129 cm³/mol. The van der Waals surface area contributed by atoms with Crippen molar-refractivity contribution in [2.75, 3.05) is 5.32 Å². The fourth-order valence-electron chi connectivity index (χ4n) is 3.75. The Morgan fingerprint density at radius 3 is 2.63 bits per heavy atom. The van der Waals surface area contributed by atoms with Gasteiger partial charge < -0.3 is 16.2 Å². The van der Waals surface area contributed by atoms with Crippen molar-refractivity contribution >= 4 is 50.8 Å². The number of amides is 2. The van der Waals surface area contributed by atoms with Crippen LogP contribution in [0.2, 0.25) is 0 Å². The van der Waals surface area contributed by atoms with Crippen molar-refractivity contribution in [1.82, 2.24) is 19.7 Å². The Morgan fingerprint density at radius 2 is 1.80 bits per heavy atom. The van der Waals surface area contributed by atoms with Gasteiger partial charge >= 0.3 is 0 Å². The maximum Gasteiger partial charge on any atom is 0.259 e. The van der Waals surface area contributed by atoms with Gasteiger partial charge in [0.05, 0.1) is 23.0 Å². The number of carbonyl (C=O) groups excluding carboxylic acids is 2. The van der Waals surface area contributed by atoms with Crippen molar-refractivity contribution in [3.63, 3.8) is 0 Å².